The summed E-state index contributed by atoms with van der Waals surface area (Å²) in [7, 11) is 0. The molecule has 0 N–H and O–H groups in total. The zero-order chi connectivity index (χ0) is 20.1. The molecule has 142 valence electrons. The van der Waals surface area contributed by atoms with Gasteiger partial charge in [-0.15, -0.1) is 0 Å². The van der Waals surface area contributed by atoms with Crippen LogP contribution in [0, 0.1) is 27.7 Å². The van der Waals surface area contributed by atoms with Crippen molar-refractivity contribution in [3.05, 3.63) is 100 Å². The van der Waals surface area contributed by atoms with E-state index in [9.17, 15) is 0 Å². The Morgan fingerprint density at radius 2 is 1.21 bits per heavy atom. The third-order valence-electron chi connectivity index (χ3n) is 6.12. The van der Waals surface area contributed by atoms with Crippen LogP contribution in [-0.2, 0) is 6.42 Å². The SMILES string of the molecule is Cc1ccc(-c2ccc3c(c2)Cc2cc(-c4ccc(C)cc4C)ncc2-3)c(C)c1. The fourth-order valence-corrected chi connectivity index (χ4v) is 4.65. The molecule has 1 heterocycles. The molecule has 0 bridgehead atoms. The number of fused-ring (bicyclic) bond motifs is 3. The summed E-state index contributed by atoms with van der Waals surface area (Å²) in [5.41, 5.74) is 15.5. The Hall–Kier alpha value is -3.19. The van der Waals surface area contributed by atoms with Crippen molar-refractivity contribution in [2.24, 2.45) is 0 Å². The fraction of sp³-hybridized carbons (Fsp3) is 0.179. The van der Waals surface area contributed by atoms with E-state index in [1.54, 1.807) is 0 Å². The molecule has 29 heavy (non-hydrogen) atoms. The van der Waals surface area contributed by atoms with Crippen molar-refractivity contribution in [1.82, 2.24) is 4.98 Å². The Bertz CT molecular complexity index is 1160. The molecule has 0 saturated heterocycles. The third kappa shape index (κ3) is 3.07. The smallest absolute Gasteiger partial charge is 0.0707 e. The van der Waals surface area contributed by atoms with Gasteiger partial charge in [-0.05, 0) is 79.1 Å². The molecule has 0 fully saturated rings. The second kappa shape index (κ2) is 6.70. The van der Waals surface area contributed by atoms with Crippen molar-refractivity contribution in [2.45, 2.75) is 34.1 Å². The number of rotatable bonds is 2. The van der Waals surface area contributed by atoms with Gasteiger partial charge in [0.25, 0.3) is 0 Å². The first kappa shape index (κ1) is 17.9. The number of aromatic nitrogens is 1. The summed E-state index contributed by atoms with van der Waals surface area (Å²) in [5, 5.41) is 0. The first-order valence-electron chi connectivity index (χ1n) is 10.3. The second-order valence-electron chi connectivity index (χ2n) is 8.41. The van der Waals surface area contributed by atoms with Crippen LogP contribution in [0.5, 0.6) is 0 Å². The van der Waals surface area contributed by atoms with Crippen molar-refractivity contribution < 1.29 is 0 Å². The number of pyridine rings is 1. The molecule has 1 nitrogen and oxygen atoms in total. The summed E-state index contributed by atoms with van der Waals surface area (Å²) in [6.07, 6.45) is 3.04. The predicted molar refractivity (Wildman–Crippen MR) is 122 cm³/mol. The van der Waals surface area contributed by atoms with E-state index in [0.29, 0.717) is 0 Å². The van der Waals surface area contributed by atoms with Crippen LogP contribution in [0.4, 0.5) is 0 Å². The van der Waals surface area contributed by atoms with Crippen LogP contribution >= 0.6 is 0 Å². The summed E-state index contributed by atoms with van der Waals surface area (Å²) in [5.74, 6) is 0. The molecule has 1 aliphatic carbocycles. The van der Waals surface area contributed by atoms with Crippen molar-refractivity contribution >= 4 is 0 Å². The van der Waals surface area contributed by atoms with Gasteiger partial charge in [-0.1, -0.05) is 65.7 Å². The van der Waals surface area contributed by atoms with Crippen LogP contribution in [0.2, 0.25) is 0 Å². The molecule has 1 heteroatoms. The molecule has 0 aliphatic heterocycles. The van der Waals surface area contributed by atoms with Crippen LogP contribution in [0.15, 0.2) is 66.9 Å². The minimum absolute atomic E-state index is 0.976. The van der Waals surface area contributed by atoms with Gasteiger partial charge in [-0.2, -0.15) is 0 Å². The van der Waals surface area contributed by atoms with Gasteiger partial charge >= 0.3 is 0 Å². The number of aryl methyl sites for hydroxylation is 4. The van der Waals surface area contributed by atoms with Crippen LogP contribution in [0.25, 0.3) is 33.5 Å². The molecule has 5 rings (SSSR count). The molecule has 1 aliphatic rings. The van der Waals surface area contributed by atoms with E-state index >= 15 is 0 Å². The predicted octanol–water partition coefficient (Wildman–Crippen LogP) is 7.22. The highest BCUT2D eigenvalue weighted by Gasteiger charge is 2.21. The van der Waals surface area contributed by atoms with Crippen LogP contribution in [0.1, 0.15) is 33.4 Å². The number of benzene rings is 3. The summed E-state index contributed by atoms with van der Waals surface area (Å²) in [4.78, 5) is 4.81. The van der Waals surface area contributed by atoms with Crippen molar-refractivity contribution in [3.63, 3.8) is 0 Å². The first-order valence-corrected chi connectivity index (χ1v) is 10.3. The minimum Gasteiger partial charge on any atom is -0.256 e. The van der Waals surface area contributed by atoms with E-state index in [1.165, 1.54) is 61.2 Å². The van der Waals surface area contributed by atoms with E-state index in [2.05, 4.69) is 94.6 Å². The van der Waals surface area contributed by atoms with E-state index in [0.717, 1.165) is 12.1 Å². The van der Waals surface area contributed by atoms with Crippen LogP contribution in [-0.4, -0.2) is 4.98 Å². The lowest BCUT2D eigenvalue weighted by Crippen LogP contribution is -1.91. The summed E-state index contributed by atoms with van der Waals surface area (Å²) in [6.45, 7) is 8.65. The minimum atomic E-state index is 0.976. The summed E-state index contributed by atoms with van der Waals surface area (Å²) < 4.78 is 0. The zero-order valence-corrected chi connectivity index (χ0v) is 17.5. The number of hydrogen-bond acceptors (Lipinski definition) is 1. The Labute approximate surface area is 173 Å². The van der Waals surface area contributed by atoms with E-state index < -0.39 is 0 Å². The molecule has 0 unspecified atom stereocenters. The van der Waals surface area contributed by atoms with E-state index in [-0.39, 0.29) is 0 Å². The standard InChI is InChI=1S/C28H25N/c1-17-5-8-24(19(3)11-17)21-7-10-26-22(13-21)14-23-15-28(29-16-27(23)26)25-9-6-18(2)12-20(25)4/h5-13,15-16H,14H2,1-4H3. The fourth-order valence-electron chi connectivity index (χ4n) is 4.65. The molecule has 0 saturated carbocycles. The largest absolute Gasteiger partial charge is 0.256 e. The lowest BCUT2D eigenvalue weighted by Gasteiger charge is -2.10. The number of nitrogens with zero attached hydrogens (tertiary/aromatic N) is 1. The first-order chi connectivity index (χ1) is 14.0. The molecular weight excluding hydrogens is 350 g/mol. The van der Waals surface area contributed by atoms with Gasteiger partial charge in [-0.3, -0.25) is 4.98 Å². The normalized spacial score (nSPS) is 12.0. The van der Waals surface area contributed by atoms with Gasteiger partial charge in [0.15, 0.2) is 0 Å². The van der Waals surface area contributed by atoms with Gasteiger partial charge in [-0.25, -0.2) is 0 Å². The van der Waals surface area contributed by atoms with E-state index in [1.807, 2.05) is 0 Å². The molecule has 0 atom stereocenters. The molecule has 0 spiro atoms. The maximum absolute atomic E-state index is 4.81. The van der Waals surface area contributed by atoms with Crippen molar-refractivity contribution in [3.8, 4) is 33.5 Å². The third-order valence-corrected chi connectivity index (χ3v) is 6.12. The van der Waals surface area contributed by atoms with Gasteiger partial charge in [0.1, 0.15) is 0 Å². The maximum Gasteiger partial charge on any atom is 0.0707 e. The average Bonchev–Trinajstić information content (AvgIpc) is 3.04. The van der Waals surface area contributed by atoms with Crippen LogP contribution < -0.4 is 0 Å². The topological polar surface area (TPSA) is 12.9 Å². The highest BCUT2D eigenvalue weighted by atomic mass is 14.7. The van der Waals surface area contributed by atoms with Gasteiger partial charge in [0.05, 0.1) is 5.69 Å². The van der Waals surface area contributed by atoms with Gasteiger partial charge in [0.2, 0.25) is 0 Å². The lowest BCUT2D eigenvalue weighted by molar-refractivity contribution is 1.22. The van der Waals surface area contributed by atoms with Crippen molar-refractivity contribution in [1.29, 1.82) is 0 Å². The second-order valence-corrected chi connectivity index (χ2v) is 8.41. The van der Waals surface area contributed by atoms with Crippen molar-refractivity contribution in [2.75, 3.05) is 0 Å². The molecule has 4 aromatic rings. The molecular formula is C28H25N. The molecule has 0 radical (unpaired) electrons. The monoisotopic (exact) mass is 375 g/mol. The Kier molecular flexibility index (Phi) is 4.13. The lowest BCUT2D eigenvalue weighted by atomic mass is 9.95. The maximum atomic E-state index is 4.81. The van der Waals surface area contributed by atoms with Crippen LogP contribution in [0.3, 0.4) is 0 Å². The quantitative estimate of drug-likeness (QED) is 0.317. The highest BCUT2D eigenvalue weighted by Crippen LogP contribution is 2.40. The molecule has 3 aromatic carbocycles. The average molecular weight is 376 g/mol. The molecule has 1 aromatic heterocycles. The Balaban J connectivity index is 1.54. The Morgan fingerprint density at radius 1 is 0.586 bits per heavy atom. The molecule has 0 amide bonds. The summed E-state index contributed by atoms with van der Waals surface area (Å²) >= 11 is 0. The number of hydrogen-bond donors (Lipinski definition) is 0. The van der Waals surface area contributed by atoms with E-state index in [4.69, 9.17) is 4.98 Å². The van der Waals surface area contributed by atoms with Gasteiger partial charge < -0.3 is 0 Å². The summed E-state index contributed by atoms with van der Waals surface area (Å²) in [6, 6.07) is 22.5. The van der Waals surface area contributed by atoms with Gasteiger partial charge in [0, 0.05) is 17.3 Å². The Morgan fingerprint density at radius 3 is 1.90 bits per heavy atom. The zero-order valence-electron chi connectivity index (χ0n) is 17.5. The highest BCUT2D eigenvalue weighted by molar-refractivity contribution is 5.82.